The van der Waals surface area contributed by atoms with Gasteiger partial charge in [-0.2, -0.15) is 0 Å². The smallest absolute Gasteiger partial charge is 0.462 e. The Morgan fingerprint density at radius 3 is 0.782 bits per heavy atom. The van der Waals surface area contributed by atoms with Gasteiger partial charge in [0.25, 0.3) is 0 Å². The lowest BCUT2D eigenvalue weighted by molar-refractivity contribution is -0.161. The fourth-order valence-electron chi connectivity index (χ4n) is 10.2. The number of phosphoric acid groups is 2. The molecular weight excluding hydrogens is 1150 g/mol. The molecule has 0 aromatic rings. The number of phosphoric ester groups is 2. The highest BCUT2D eigenvalue weighted by molar-refractivity contribution is 7.47. The van der Waals surface area contributed by atoms with Gasteiger partial charge in [0.1, 0.15) is 19.3 Å². The predicted octanol–water partition coefficient (Wildman–Crippen LogP) is 19.2. The molecule has 5 atom stereocenters. The highest BCUT2D eigenvalue weighted by Gasteiger charge is 2.30. The van der Waals surface area contributed by atoms with Crippen LogP contribution in [0.25, 0.3) is 0 Å². The summed E-state index contributed by atoms with van der Waals surface area (Å²) in [5.74, 6) is -0.691. The number of carbonyl (C=O) groups is 4. The summed E-state index contributed by atoms with van der Waals surface area (Å²) in [6.07, 6.45) is 45.1. The molecule has 0 aliphatic rings. The van der Waals surface area contributed by atoms with E-state index in [-0.39, 0.29) is 25.7 Å². The standard InChI is InChI=1S/C68H132O17P2/c1-7-9-11-13-14-15-16-17-18-19-20-21-22-27-30-33-40-46-52-67(72)84-64(57-79-66(71)51-45-39-32-29-26-24-23-25-28-31-37-42-48-60(3)4)59-83-87(76,77)81-55-62(69)54-80-86(74,75)82-58-63(56-78-65(70)50-44-36-12-10-8-2)85-68(73)53-47-41-35-34-38-43-49-61(5)6/h60-64,69H,7-59H2,1-6H3,(H,74,75)(H,76,77)/t62-,63+,64+/m0/s1. The molecule has 516 valence electrons. The maximum absolute atomic E-state index is 13.0. The molecule has 0 amide bonds. The van der Waals surface area contributed by atoms with Gasteiger partial charge in [-0.1, -0.05) is 292 Å². The Bertz CT molecular complexity index is 1700. The van der Waals surface area contributed by atoms with Crippen molar-refractivity contribution in [3.05, 3.63) is 0 Å². The van der Waals surface area contributed by atoms with E-state index in [9.17, 15) is 43.2 Å². The molecule has 0 spiro atoms. The first-order valence-corrected chi connectivity index (χ1v) is 38.5. The van der Waals surface area contributed by atoms with Crippen LogP contribution in [0.3, 0.4) is 0 Å². The zero-order chi connectivity index (χ0) is 64.3. The highest BCUT2D eigenvalue weighted by atomic mass is 31.2. The van der Waals surface area contributed by atoms with Crippen LogP contribution in [0.4, 0.5) is 0 Å². The minimum absolute atomic E-state index is 0.101. The second-order valence-corrected chi connectivity index (χ2v) is 28.4. The van der Waals surface area contributed by atoms with E-state index in [2.05, 4.69) is 41.5 Å². The number of hydrogen-bond acceptors (Lipinski definition) is 15. The van der Waals surface area contributed by atoms with Gasteiger partial charge in [0.05, 0.1) is 26.4 Å². The first-order valence-electron chi connectivity index (χ1n) is 35.5. The number of esters is 4. The van der Waals surface area contributed by atoms with Crippen LogP contribution in [-0.4, -0.2) is 96.7 Å². The quantitative estimate of drug-likeness (QED) is 0.0222. The van der Waals surface area contributed by atoms with Crippen LogP contribution in [0.5, 0.6) is 0 Å². The largest absolute Gasteiger partial charge is 0.472 e. The van der Waals surface area contributed by atoms with Gasteiger partial charge in [-0.3, -0.25) is 37.3 Å². The molecule has 0 radical (unpaired) electrons. The summed E-state index contributed by atoms with van der Waals surface area (Å²) >= 11 is 0. The molecule has 0 saturated carbocycles. The molecule has 2 unspecified atom stereocenters. The average Bonchev–Trinajstić information content (AvgIpc) is 3.49. The molecule has 0 saturated heterocycles. The van der Waals surface area contributed by atoms with Gasteiger partial charge in [-0.25, -0.2) is 9.13 Å². The van der Waals surface area contributed by atoms with Crippen molar-refractivity contribution in [2.24, 2.45) is 11.8 Å². The van der Waals surface area contributed by atoms with Crippen molar-refractivity contribution in [1.82, 2.24) is 0 Å². The van der Waals surface area contributed by atoms with Crippen LogP contribution in [0, 0.1) is 11.8 Å². The van der Waals surface area contributed by atoms with E-state index >= 15 is 0 Å². The van der Waals surface area contributed by atoms with Crippen LogP contribution in [0.15, 0.2) is 0 Å². The molecule has 19 heteroatoms. The Hall–Kier alpha value is -1.94. The third-order valence-corrected chi connectivity index (χ3v) is 17.6. The van der Waals surface area contributed by atoms with E-state index in [1.807, 2.05) is 0 Å². The van der Waals surface area contributed by atoms with Gasteiger partial charge >= 0.3 is 39.5 Å². The molecule has 0 heterocycles. The molecule has 0 aromatic heterocycles. The predicted molar refractivity (Wildman–Crippen MR) is 349 cm³/mol. The van der Waals surface area contributed by atoms with Gasteiger partial charge < -0.3 is 33.8 Å². The normalized spacial score (nSPS) is 14.2. The Morgan fingerprint density at radius 1 is 0.310 bits per heavy atom. The molecule has 87 heavy (non-hydrogen) atoms. The van der Waals surface area contributed by atoms with Crippen molar-refractivity contribution in [3.63, 3.8) is 0 Å². The van der Waals surface area contributed by atoms with Crippen LogP contribution < -0.4 is 0 Å². The summed E-state index contributed by atoms with van der Waals surface area (Å²) in [5.41, 5.74) is 0. The van der Waals surface area contributed by atoms with Gasteiger partial charge in [-0.05, 0) is 37.5 Å². The summed E-state index contributed by atoms with van der Waals surface area (Å²) in [6.45, 7) is 9.36. The zero-order valence-corrected chi connectivity index (χ0v) is 58.1. The topological polar surface area (TPSA) is 237 Å². The number of carbonyl (C=O) groups excluding carboxylic acids is 4. The second kappa shape index (κ2) is 60.3. The fraction of sp³-hybridized carbons (Fsp3) is 0.941. The lowest BCUT2D eigenvalue weighted by atomic mass is 10.0. The first kappa shape index (κ1) is 85.1. The summed E-state index contributed by atoms with van der Waals surface area (Å²) in [7, 11) is -9.88. The Labute approximate surface area is 530 Å². The molecule has 0 bridgehead atoms. The lowest BCUT2D eigenvalue weighted by Crippen LogP contribution is -2.30. The maximum atomic E-state index is 13.0. The molecule has 0 aliphatic heterocycles. The van der Waals surface area contributed by atoms with Crippen molar-refractivity contribution in [3.8, 4) is 0 Å². The van der Waals surface area contributed by atoms with Crippen molar-refractivity contribution in [2.75, 3.05) is 39.6 Å². The second-order valence-electron chi connectivity index (χ2n) is 25.5. The number of aliphatic hydroxyl groups excluding tert-OH is 1. The van der Waals surface area contributed by atoms with Gasteiger partial charge in [0.15, 0.2) is 12.2 Å². The first-order chi connectivity index (χ1) is 41.9. The Kier molecular flexibility index (Phi) is 59.0. The van der Waals surface area contributed by atoms with Crippen LogP contribution >= 0.6 is 15.6 Å². The SMILES string of the molecule is CCCCCCCCCCCCCCCCCCCCC(=O)O[C@H](COC(=O)CCCCCCCCCCCCCCC(C)C)COP(=O)(O)OC[C@@H](O)COP(=O)(O)OC[C@@H](COC(=O)CCCCCCC)OC(=O)CCCCCCCCC(C)C. The summed E-state index contributed by atoms with van der Waals surface area (Å²) < 4.78 is 67.9. The van der Waals surface area contributed by atoms with E-state index in [0.717, 1.165) is 102 Å². The number of unbranched alkanes of at least 4 members (excludes halogenated alkanes) is 37. The number of ether oxygens (including phenoxy) is 4. The van der Waals surface area contributed by atoms with Crippen molar-refractivity contribution < 1.29 is 80.2 Å². The maximum Gasteiger partial charge on any atom is 0.472 e. The minimum atomic E-state index is -4.95. The Balaban J connectivity index is 5.14. The minimum Gasteiger partial charge on any atom is -0.462 e. The van der Waals surface area contributed by atoms with E-state index in [1.165, 1.54) is 154 Å². The zero-order valence-electron chi connectivity index (χ0n) is 56.3. The van der Waals surface area contributed by atoms with E-state index in [4.69, 9.17) is 37.0 Å². The van der Waals surface area contributed by atoms with Crippen LogP contribution in [-0.2, 0) is 65.4 Å². The van der Waals surface area contributed by atoms with Crippen molar-refractivity contribution in [1.29, 1.82) is 0 Å². The average molecular weight is 1280 g/mol. The molecule has 3 N–H and O–H groups in total. The molecular formula is C68H132O17P2. The van der Waals surface area contributed by atoms with Crippen molar-refractivity contribution in [2.45, 2.75) is 362 Å². The summed E-state index contributed by atoms with van der Waals surface area (Å²) in [6, 6.07) is 0. The van der Waals surface area contributed by atoms with E-state index in [0.29, 0.717) is 31.6 Å². The van der Waals surface area contributed by atoms with E-state index in [1.54, 1.807) is 0 Å². The lowest BCUT2D eigenvalue weighted by Gasteiger charge is -2.21. The van der Waals surface area contributed by atoms with E-state index < -0.39 is 97.5 Å². The third kappa shape index (κ3) is 62.6. The third-order valence-electron chi connectivity index (χ3n) is 15.7. The van der Waals surface area contributed by atoms with Gasteiger partial charge in [0, 0.05) is 25.7 Å². The summed E-state index contributed by atoms with van der Waals surface area (Å²) in [4.78, 5) is 72.1. The van der Waals surface area contributed by atoms with Crippen molar-refractivity contribution >= 4 is 39.5 Å². The number of hydrogen-bond donors (Lipinski definition) is 3. The number of rotatable bonds is 67. The Morgan fingerprint density at radius 2 is 0.529 bits per heavy atom. The highest BCUT2D eigenvalue weighted by Crippen LogP contribution is 2.45. The monoisotopic (exact) mass is 1280 g/mol. The summed E-state index contributed by atoms with van der Waals surface area (Å²) in [5, 5.41) is 10.5. The molecule has 0 rings (SSSR count). The van der Waals surface area contributed by atoms with Gasteiger partial charge in [-0.15, -0.1) is 0 Å². The molecule has 17 nitrogen and oxygen atoms in total. The van der Waals surface area contributed by atoms with Crippen LogP contribution in [0.2, 0.25) is 0 Å². The molecule has 0 fully saturated rings. The molecule has 0 aliphatic carbocycles. The van der Waals surface area contributed by atoms with Gasteiger partial charge in [0.2, 0.25) is 0 Å². The van der Waals surface area contributed by atoms with Crippen LogP contribution in [0.1, 0.15) is 343 Å². The molecule has 0 aromatic carbocycles. The number of aliphatic hydroxyl groups is 1. The fourth-order valence-corrected chi connectivity index (χ4v) is 11.8.